The molecule has 0 aliphatic carbocycles. The molecule has 2 N–H and O–H groups in total. The first kappa shape index (κ1) is 23.6. The number of para-hydroxylation sites is 1. The monoisotopic (exact) mass is 523 g/mol. The molecule has 7 nitrogen and oxygen atoms in total. The number of hydrogen-bond donors (Lipinski definition) is 2. The van der Waals surface area contributed by atoms with Gasteiger partial charge in [-0.3, -0.25) is 20.4 Å². The maximum Gasteiger partial charge on any atom is 0.243 e. The van der Waals surface area contributed by atoms with Crippen LogP contribution >= 0.6 is 15.9 Å². The van der Waals surface area contributed by atoms with E-state index in [0.717, 1.165) is 15.7 Å². The lowest BCUT2D eigenvalue weighted by atomic mass is 10.1. The topological polar surface area (TPSA) is 79.9 Å². The number of benzene rings is 3. The highest BCUT2D eigenvalue weighted by atomic mass is 79.9. The zero-order valence-corrected chi connectivity index (χ0v) is 20.4. The van der Waals surface area contributed by atoms with Crippen molar-refractivity contribution in [3.05, 3.63) is 82.8 Å². The fourth-order valence-corrected chi connectivity index (χ4v) is 3.96. The number of ether oxygens (including phenoxy) is 2. The molecule has 1 aliphatic heterocycles. The molecule has 1 aliphatic rings. The second-order valence-electron chi connectivity index (χ2n) is 7.86. The van der Waals surface area contributed by atoms with Crippen LogP contribution in [0.15, 0.2) is 77.3 Å². The van der Waals surface area contributed by atoms with Gasteiger partial charge in [0.2, 0.25) is 11.8 Å². The Morgan fingerprint density at radius 2 is 1.79 bits per heavy atom. The lowest BCUT2D eigenvalue weighted by Gasteiger charge is -2.17. The lowest BCUT2D eigenvalue weighted by molar-refractivity contribution is -0.125. The van der Waals surface area contributed by atoms with Crippen molar-refractivity contribution in [3.63, 3.8) is 0 Å². The summed E-state index contributed by atoms with van der Waals surface area (Å²) in [6, 6.07) is 22.7. The van der Waals surface area contributed by atoms with Gasteiger partial charge in [-0.05, 0) is 48.9 Å². The van der Waals surface area contributed by atoms with Gasteiger partial charge in [-0.1, -0.05) is 46.3 Å². The Hall–Kier alpha value is -3.52. The summed E-state index contributed by atoms with van der Waals surface area (Å²) in [5.74, 6) is 0.462. The molecular weight excluding hydrogens is 498 g/mol. The van der Waals surface area contributed by atoms with Crippen molar-refractivity contribution < 1.29 is 19.1 Å². The number of rotatable bonds is 9. The Bertz CT molecular complexity index is 1140. The van der Waals surface area contributed by atoms with E-state index >= 15 is 0 Å². The van der Waals surface area contributed by atoms with Crippen molar-refractivity contribution in [2.75, 3.05) is 23.5 Å². The average Bonchev–Trinajstić information content (AvgIpc) is 3.25. The lowest BCUT2D eigenvalue weighted by Crippen LogP contribution is -2.36. The Kier molecular flexibility index (Phi) is 7.69. The quantitative estimate of drug-likeness (QED) is 0.389. The molecule has 1 heterocycles. The maximum atomic E-state index is 12.7. The van der Waals surface area contributed by atoms with Crippen LogP contribution in [-0.4, -0.2) is 25.0 Å². The molecule has 0 saturated carbocycles. The second-order valence-corrected chi connectivity index (χ2v) is 8.78. The largest absolute Gasteiger partial charge is 0.490 e. The third kappa shape index (κ3) is 5.88. The molecule has 176 valence electrons. The fourth-order valence-electron chi connectivity index (χ4n) is 3.69. The molecule has 0 bridgehead atoms. The van der Waals surface area contributed by atoms with Gasteiger partial charge >= 0.3 is 0 Å². The molecule has 2 amide bonds. The zero-order chi connectivity index (χ0) is 23.9. The number of nitrogens with one attached hydrogen (secondary N) is 2. The molecule has 34 heavy (non-hydrogen) atoms. The molecule has 1 fully saturated rings. The normalized spacial score (nSPS) is 15.2. The van der Waals surface area contributed by atoms with Gasteiger partial charge in [-0.15, -0.1) is 0 Å². The molecule has 3 aromatic carbocycles. The summed E-state index contributed by atoms with van der Waals surface area (Å²) < 4.78 is 12.7. The van der Waals surface area contributed by atoms with E-state index in [0.29, 0.717) is 36.9 Å². The highest BCUT2D eigenvalue weighted by Crippen LogP contribution is 2.31. The molecule has 0 unspecified atom stereocenters. The van der Waals surface area contributed by atoms with Gasteiger partial charge in [0.25, 0.3) is 0 Å². The van der Waals surface area contributed by atoms with E-state index in [1.54, 1.807) is 23.1 Å². The van der Waals surface area contributed by atoms with Gasteiger partial charge in [0.15, 0.2) is 11.5 Å². The number of carbonyl (C=O) groups is 2. The van der Waals surface area contributed by atoms with Crippen LogP contribution in [0.5, 0.6) is 11.5 Å². The maximum absolute atomic E-state index is 12.7. The molecule has 1 saturated heterocycles. The predicted molar refractivity (Wildman–Crippen MR) is 135 cm³/mol. The highest BCUT2D eigenvalue weighted by molar-refractivity contribution is 9.10. The second kappa shape index (κ2) is 11.1. The minimum absolute atomic E-state index is 0.0581. The third-order valence-corrected chi connectivity index (χ3v) is 5.97. The first-order valence-corrected chi connectivity index (χ1v) is 11.9. The summed E-state index contributed by atoms with van der Waals surface area (Å²) >= 11 is 3.43. The Morgan fingerprint density at radius 1 is 1.03 bits per heavy atom. The van der Waals surface area contributed by atoms with E-state index in [9.17, 15) is 9.59 Å². The Labute approximate surface area is 207 Å². The number of carbonyl (C=O) groups excluding carboxylic acids is 2. The van der Waals surface area contributed by atoms with Crippen LogP contribution in [0.1, 0.15) is 18.9 Å². The van der Waals surface area contributed by atoms with E-state index < -0.39 is 5.92 Å². The average molecular weight is 524 g/mol. The number of halogens is 1. The summed E-state index contributed by atoms with van der Waals surface area (Å²) in [5.41, 5.74) is 8.13. The molecule has 0 radical (unpaired) electrons. The van der Waals surface area contributed by atoms with E-state index in [4.69, 9.17) is 9.47 Å². The SMILES string of the molecule is CCOc1cc(NNC(=O)[C@@H]2CC(=O)N(c3ccccc3)C2)ccc1OCc1ccc(Br)cc1. The first-order chi connectivity index (χ1) is 16.5. The highest BCUT2D eigenvalue weighted by Gasteiger charge is 2.35. The first-order valence-electron chi connectivity index (χ1n) is 11.1. The van der Waals surface area contributed by atoms with Crippen molar-refractivity contribution >= 4 is 39.1 Å². The van der Waals surface area contributed by atoms with Crippen LogP contribution < -0.4 is 25.2 Å². The van der Waals surface area contributed by atoms with Gasteiger partial charge in [-0.2, -0.15) is 0 Å². The van der Waals surface area contributed by atoms with Gasteiger partial charge in [0.05, 0.1) is 18.2 Å². The summed E-state index contributed by atoms with van der Waals surface area (Å²) in [4.78, 5) is 26.7. The summed E-state index contributed by atoms with van der Waals surface area (Å²) in [6.07, 6.45) is 0.176. The standard InChI is InChI=1S/C26H26BrN3O4/c1-2-33-24-15-21(12-13-23(24)34-17-18-8-10-20(27)11-9-18)28-29-26(32)19-14-25(31)30(16-19)22-6-4-3-5-7-22/h3-13,15,19,28H,2,14,16-17H2,1H3,(H,29,32)/t19-/m1/s1. The minimum Gasteiger partial charge on any atom is -0.490 e. The molecule has 1 atom stereocenters. The molecule has 0 aromatic heterocycles. The van der Waals surface area contributed by atoms with Crippen LogP contribution in [0.3, 0.4) is 0 Å². The summed E-state index contributed by atoms with van der Waals surface area (Å²) in [7, 11) is 0. The molecule has 3 aromatic rings. The number of amides is 2. The van der Waals surface area contributed by atoms with Crippen LogP contribution in [0, 0.1) is 5.92 Å². The number of hydrazine groups is 1. The number of nitrogens with zero attached hydrogens (tertiary/aromatic N) is 1. The van der Waals surface area contributed by atoms with Gasteiger partial charge in [0.1, 0.15) is 6.61 Å². The fraction of sp³-hybridized carbons (Fsp3) is 0.231. The van der Waals surface area contributed by atoms with Crippen LogP contribution in [-0.2, 0) is 16.2 Å². The zero-order valence-electron chi connectivity index (χ0n) is 18.8. The van der Waals surface area contributed by atoms with Crippen molar-refractivity contribution in [2.45, 2.75) is 20.0 Å². The van der Waals surface area contributed by atoms with E-state index in [2.05, 4.69) is 26.8 Å². The third-order valence-electron chi connectivity index (χ3n) is 5.44. The van der Waals surface area contributed by atoms with Crippen LogP contribution in [0.2, 0.25) is 0 Å². The summed E-state index contributed by atoms with van der Waals surface area (Å²) in [6.45, 7) is 3.13. The van der Waals surface area contributed by atoms with Crippen LogP contribution in [0.4, 0.5) is 11.4 Å². The van der Waals surface area contributed by atoms with Crippen LogP contribution in [0.25, 0.3) is 0 Å². The molecule has 0 spiro atoms. The van der Waals surface area contributed by atoms with E-state index in [-0.39, 0.29) is 18.2 Å². The van der Waals surface area contributed by atoms with E-state index in [1.807, 2.05) is 61.5 Å². The number of hydrogen-bond acceptors (Lipinski definition) is 5. The predicted octanol–water partition coefficient (Wildman–Crippen LogP) is 4.92. The number of anilines is 2. The van der Waals surface area contributed by atoms with Gasteiger partial charge < -0.3 is 14.4 Å². The van der Waals surface area contributed by atoms with Crippen molar-refractivity contribution in [3.8, 4) is 11.5 Å². The molecule has 4 rings (SSSR count). The Balaban J connectivity index is 1.35. The smallest absolute Gasteiger partial charge is 0.243 e. The van der Waals surface area contributed by atoms with Crippen molar-refractivity contribution in [1.29, 1.82) is 0 Å². The van der Waals surface area contributed by atoms with Crippen molar-refractivity contribution in [1.82, 2.24) is 5.43 Å². The molecule has 8 heteroatoms. The molecular formula is C26H26BrN3O4. The minimum atomic E-state index is -0.430. The Morgan fingerprint density at radius 3 is 2.53 bits per heavy atom. The van der Waals surface area contributed by atoms with Gasteiger partial charge in [-0.25, -0.2) is 0 Å². The van der Waals surface area contributed by atoms with Crippen molar-refractivity contribution in [2.24, 2.45) is 5.92 Å². The van der Waals surface area contributed by atoms with E-state index in [1.165, 1.54) is 0 Å². The summed E-state index contributed by atoms with van der Waals surface area (Å²) in [5, 5.41) is 0. The van der Waals surface area contributed by atoms with Gasteiger partial charge in [0, 0.05) is 29.2 Å².